The summed E-state index contributed by atoms with van der Waals surface area (Å²) in [6, 6.07) is 0. The van der Waals surface area contributed by atoms with Crippen molar-refractivity contribution in [3.05, 3.63) is 47.1 Å². The van der Waals surface area contributed by atoms with Crippen LogP contribution in [-0.4, -0.2) is 160 Å². The Hall–Kier alpha value is -1.44. The van der Waals surface area contributed by atoms with E-state index in [4.69, 9.17) is 60.6 Å². The maximum Gasteiger partial charge on any atom is 0.316 e. The van der Waals surface area contributed by atoms with Crippen LogP contribution in [0.1, 0.15) is 163 Å². The van der Waals surface area contributed by atoms with Gasteiger partial charge in [-0.1, -0.05) is 127 Å². The molecule has 0 aromatic rings. The highest BCUT2D eigenvalue weighted by atomic mass is 28.4. The topological polar surface area (TPSA) is 157 Å². The number of methoxy groups -OCH3 is 2. The van der Waals surface area contributed by atoms with Gasteiger partial charge in [0.1, 0.15) is 29.8 Å². The molecule has 6 heterocycles. The number of hydrogen-bond donors (Lipinski definition) is 1. The quantitative estimate of drug-likeness (QED) is 0.0994. The minimum Gasteiger partial charge on any atom is -0.462 e. The maximum absolute atomic E-state index is 15.3. The van der Waals surface area contributed by atoms with Crippen LogP contribution in [0.3, 0.4) is 0 Å². The van der Waals surface area contributed by atoms with E-state index in [9.17, 15) is 5.11 Å². The van der Waals surface area contributed by atoms with E-state index in [1.807, 2.05) is 39.0 Å². The van der Waals surface area contributed by atoms with Crippen LogP contribution in [0.15, 0.2) is 47.1 Å². The first-order valence-electron chi connectivity index (χ1n) is 32.1. The van der Waals surface area contributed by atoms with Crippen molar-refractivity contribution in [1.29, 1.82) is 0 Å². The third-order valence-corrected chi connectivity index (χ3v) is 35.1. The molecule has 5 saturated heterocycles. The molecule has 0 aromatic heterocycles. The van der Waals surface area contributed by atoms with E-state index in [1.165, 1.54) is 0 Å². The molecule has 18 heteroatoms. The van der Waals surface area contributed by atoms with Crippen LogP contribution in [0.2, 0.25) is 54.4 Å². The van der Waals surface area contributed by atoms with Crippen molar-refractivity contribution in [1.82, 2.24) is 0 Å². The zero-order valence-electron chi connectivity index (χ0n) is 56.7. The van der Waals surface area contributed by atoms with E-state index in [1.54, 1.807) is 14.2 Å². The third-order valence-electron chi connectivity index (χ3n) is 21.7. The Morgan fingerprint density at radius 2 is 1.26 bits per heavy atom. The van der Waals surface area contributed by atoms with Crippen molar-refractivity contribution in [2.75, 3.05) is 20.8 Å². The minimum atomic E-state index is -2.41. The smallest absolute Gasteiger partial charge is 0.316 e. The van der Waals surface area contributed by atoms with Gasteiger partial charge in [0, 0.05) is 58.2 Å². The molecule has 6 aliphatic heterocycles. The molecule has 0 amide bonds. The van der Waals surface area contributed by atoms with Crippen LogP contribution in [-0.2, 0) is 65.4 Å². The second-order valence-electron chi connectivity index (χ2n) is 31.0. The summed E-state index contributed by atoms with van der Waals surface area (Å²) < 4.78 is 89.4. The van der Waals surface area contributed by atoms with Crippen LogP contribution >= 0.6 is 0 Å². The fourth-order valence-corrected chi connectivity index (χ4v) is 17.1. The summed E-state index contributed by atoms with van der Waals surface area (Å²) in [7, 11) is -3.37. The second-order valence-corrected chi connectivity index (χ2v) is 45.3. The van der Waals surface area contributed by atoms with Crippen LogP contribution in [0.5, 0.6) is 0 Å². The summed E-state index contributed by atoms with van der Waals surface area (Å²) in [5.41, 5.74) is 0.650. The summed E-state index contributed by atoms with van der Waals surface area (Å²) >= 11 is 0. The average Bonchev–Trinajstić information content (AvgIpc) is 1.51. The van der Waals surface area contributed by atoms with Gasteiger partial charge in [-0.2, -0.15) is 0 Å². The molecule has 2 bridgehead atoms. The first kappa shape index (κ1) is 70.0. The molecule has 5 fully saturated rings. The number of ether oxygens (including phenoxy) is 10. The van der Waals surface area contributed by atoms with Crippen LogP contribution in [0, 0.1) is 23.7 Å². The normalized spacial score (nSPS) is 41.8. The highest BCUT2D eigenvalue weighted by Gasteiger charge is 2.62. The lowest BCUT2D eigenvalue weighted by molar-refractivity contribution is -0.353. The van der Waals surface area contributed by atoms with Gasteiger partial charge in [-0.05, 0) is 111 Å². The summed E-state index contributed by atoms with van der Waals surface area (Å²) in [4.78, 5) is 15.3. The molecule has 7 rings (SSSR count). The monoisotopic (exact) mass is 1230 g/mol. The summed E-state index contributed by atoms with van der Waals surface area (Å²) in [5, 5.41) is 13.4. The highest BCUT2D eigenvalue weighted by Crippen LogP contribution is 2.52. The van der Waals surface area contributed by atoms with Gasteiger partial charge in [0.25, 0.3) is 0 Å². The van der Waals surface area contributed by atoms with Crippen molar-refractivity contribution in [2.24, 2.45) is 23.7 Å². The zero-order chi connectivity index (χ0) is 62.7. The molecular weight excluding hydrogens is 1120 g/mol. The lowest BCUT2D eigenvalue weighted by Crippen LogP contribution is -2.62. The molecule has 0 saturated carbocycles. The second kappa shape index (κ2) is 26.4. The number of rotatable bonds is 14. The Kier molecular flexibility index (Phi) is 22.0. The predicted molar refractivity (Wildman–Crippen MR) is 337 cm³/mol. The first-order chi connectivity index (χ1) is 38.7. The van der Waals surface area contributed by atoms with E-state index in [2.05, 4.69) is 148 Å². The summed E-state index contributed by atoms with van der Waals surface area (Å²) in [6.45, 7) is 50.8. The van der Waals surface area contributed by atoms with Gasteiger partial charge in [-0.3, -0.25) is 4.79 Å². The van der Waals surface area contributed by atoms with Gasteiger partial charge in [-0.15, -0.1) is 0 Å². The molecule has 0 unspecified atom stereocenters. The number of fused-ring (bicyclic) bond motifs is 2. The molecule has 0 aromatic carbocycles. The number of allylic oxidation sites excluding steroid dienone is 2. The number of esters is 1. The average molecular weight is 1230 g/mol. The molecule has 7 aliphatic rings. The first-order valence-corrected chi connectivity index (χ1v) is 40.8. The highest BCUT2D eigenvalue weighted by molar-refractivity contribution is 6.75. The zero-order valence-corrected chi connectivity index (χ0v) is 59.7. The van der Waals surface area contributed by atoms with Gasteiger partial charge in [0.15, 0.2) is 43.3 Å². The van der Waals surface area contributed by atoms with Gasteiger partial charge in [0.2, 0.25) is 0 Å². The fourth-order valence-electron chi connectivity index (χ4n) is 13.0. The Labute approximate surface area is 511 Å². The van der Waals surface area contributed by atoms with Crippen LogP contribution < -0.4 is 0 Å². The maximum atomic E-state index is 15.3. The Morgan fingerprint density at radius 1 is 0.702 bits per heavy atom. The molecule has 15 nitrogen and oxygen atoms in total. The van der Waals surface area contributed by atoms with Crippen LogP contribution in [0.25, 0.3) is 0 Å². The van der Waals surface area contributed by atoms with Crippen molar-refractivity contribution < 1.29 is 70.5 Å². The molecule has 84 heavy (non-hydrogen) atoms. The molecular formula is C66H116O15Si3. The van der Waals surface area contributed by atoms with E-state index in [0.29, 0.717) is 44.1 Å². The Bertz CT molecular complexity index is 2370. The molecule has 482 valence electrons. The lowest BCUT2D eigenvalue weighted by Gasteiger charge is -2.55. The van der Waals surface area contributed by atoms with Crippen molar-refractivity contribution in [3.63, 3.8) is 0 Å². The number of hydrogen-bond acceptors (Lipinski definition) is 15. The van der Waals surface area contributed by atoms with Crippen molar-refractivity contribution in [2.45, 2.75) is 320 Å². The van der Waals surface area contributed by atoms with E-state index >= 15 is 4.79 Å². The lowest BCUT2D eigenvalue weighted by atomic mass is 9.71. The van der Waals surface area contributed by atoms with Crippen LogP contribution in [0.4, 0.5) is 0 Å². The SMILES string of the molecule is CC[C@H](C)[C@H]1O[C@@]2(C[C@@H]3C[C@@H](C/C=C(\C)[C@H](O[C@H]4C[C@H](OC)[C@@H](O[C@H]5C[C@H](OC)[C@@H](O[Si](C)(C)C(C)(C)C)[C@H](C)O5)[C@H](C)O4)[C@@H](C)/C=C/C=C4\CO[C@@H]5[C@H](O[Si](C)(C)C(C)(C)C)C(C)=C[C@@H](C(=O)O3)[C@]45O)O2)C[C@H](O[Si](C)(C)C(C)(C)C)[C@@H]1C. The predicted octanol–water partition coefficient (Wildman–Crippen LogP) is 13.7. The minimum absolute atomic E-state index is 0.0213. The van der Waals surface area contributed by atoms with Crippen molar-refractivity contribution in [3.8, 4) is 0 Å². The largest absolute Gasteiger partial charge is 0.462 e. The standard InChI is InChI=1S/C66H116O15Si3/c1-26-39(2)56-43(6)52(79-82(20,21)62(9,10)11)37-65(78-56)36-48-33-47(77-65)31-30-41(4)55(40(3)28-27-29-46-38-71-60-57(80-83(22,23)63(12,13)14)42(5)32-49(61(67)74-48)66(46,60)68)75-53-34-50(69-18)58(44(7)72-53)76-54-35-51(70-19)59(45(8)73-54)81-84(24,25)64(15,16)17/h27-30,32,39-40,43-45,47-60,68H,26,31,33-38H2,1-25H3/b28-27+,41-30+,46-29+/t39-,40-,43-,44-,45-,47+,48-,49-,50-,51-,52-,53-,54-,55+,56+,57+,58-,59-,60+,65-,66+/m0/s1. The van der Waals surface area contributed by atoms with Gasteiger partial charge >= 0.3 is 5.97 Å². The Morgan fingerprint density at radius 3 is 1.85 bits per heavy atom. The molecule has 21 atom stereocenters. The fraction of sp³-hybridized carbons (Fsp3) is 0.864. The number of carbonyl (C=O) groups excluding carboxylic acids is 1. The third kappa shape index (κ3) is 15.0. The molecule has 1 N–H and O–H groups in total. The Balaban J connectivity index is 1.23. The molecule has 1 spiro atoms. The number of aliphatic hydroxyl groups is 1. The van der Waals surface area contributed by atoms with E-state index in [0.717, 1.165) is 17.6 Å². The summed E-state index contributed by atoms with van der Waals surface area (Å²) in [5.74, 6) is -2.58. The van der Waals surface area contributed by atoms with E-state index < -0.39 is 104 Å². The van der Waals surface area contributed by atoms with E-state index in [-0.39, 0.29) is 76.1 Å². The molecule has 1 aliphatic carbocycles. The number of carbonyl (C=O) groups is 1. The van der Waals surface area contributed by atoms with Gasteiger partial charge < -0.3 is 65.8 Å². The summed E-state index contributed by atoms with van der Waals surface area (Å²) in [6.07, 6.45) is 7.25. The van der Waals surface area contributed by atoms with Crippen molar-refractivity contribution >= 4 is 30.9 Å². The van der Waals surface area contributed by atoms with Gasteiger partial charge in [0.05, 0.1) is 67.6 Å². The molecule has 0 radical (unpaired) electrons. The van der Waals surface area contributed by atoms with Gasteiger partial charge in [-0.25, -0.2) is 0 Å².